The smallest absolute Gasteiger partial charge is 0.193 e. The molecule has 0 aliphatic carbocycles. The first-order valence-electron chi connectivity index (χ1n) is 12.3. The molecular weight excluding hydrogens is 454 g/mol. The lowest BCUT2D eigenvalue weighted by atomic mass is 9.97. The van der Waals surface area contributed by atoms with Crippen LogP contribution >= 0.6 is 0 Å². The van der Waals surface area contributed by atoms with Gasteiger partial charge < -0.3 is 18.8 Å². The van der Waals surface area contributed by atoms with Crippen LogP contribution in [0, 0.1) is 6.92 Å². The number of hydrogen-bond donors (Lipinski definition) is 0. The normalized spacial score (nSPS) is 17.1. The molecule has 5 rings (SSSR count). The number of aryl methyl sites for hydroxylation is 2. The Hall–Kier alpha value is -3.48. The molecule has 0 radical (unpaired) electrons. The second-order valence-electron chi connectivity index (χ2n) is 9.83. The van der Waals surface area contributed by atoms with Gasteiger partial charge in [0, 0.05) is 45.0 Å². The molecule has 2 heterocycles. The number of carbonyl (C=O) groups is 2. The first-order chi connectivity index (χ1) is 17.2. The minimum absolute atomic E-state index is 0.0233. The first-order valence-corrected chi connectivity index (χ1v) is 12.3. The molecular formula is C30H31NO5. The Labute approximate surface area is 210 Å². The number of nitrogens with zero attached hydrogens (tertiary/aromatic N) is 1. The summed E-state index contributed by atoms with van der Waals surface area (Å²) < 4.78 is 19.5. The minimum atomic E-state index is -0.585. The average molecular weight is 486 g/mol. The van der Waals surface area contributed by atoms with Crippen molar-refractivity contribution in [3.05, 3.63) is 76.9 Å². The van der Waals surface area contributed by atoms with Crippen LogP contribution in [0.25, 0.3) is 21.8 Å². The van der Waals surface area contributed by atoms with E-state index in [9.17, 15) is 9.59 Å². The molecule has 1 unspecified atom stereocenters. The number of fused-ring (bicyclic) bond motifs is 3. The quantitative estimate of drug-likeness (QED) is 0.297. The molecule has 1 aliphatic rings. The SMILES string of the molecule is CCn1c2ccc(C(C)=O)cc2c2cc(C(=O)c3ccc(OCC4COC(C)(C)O4)cc3C)ccc21. The number of aromatic nitrogens is 1. The lowest BCUT2D eigenvalue weighted by Crippen LogP contribution is -2.25. The molecule has 1 fully saturated rings. The molecule has 0 spiro atoms. The van der Waals surface area contributed by atoms with Gasteiger partial charge in [0.2, 0.25) is 0 Å². The van der Waals surface area contributed by atoms with E-state index in [0.717, 1.165) is 33.9 Å². The van der Waals surface area contributed by atoms with Gasteiger partial charge in [-0.25, -0.2) is 0 Å². The Balaban J connectivity index is 1.43. The van der Waals surface area contributed by atoms with E-state index in [2.05, 4.69) is 11.5 Å². The Kier molecular flexibility index (Phi) is 6.18. The van der Waals surface area contributed by atoms with Gasteiger partial charge in [0.25, 0.3) is 0 Å². The van der Waals surface area contributed by atoms with Crippen LogP contribution in [0.2, 0.25) is 0 Å². The summed E-state index contributed by atoms with van der Waals surface area (Å²) in [6.45, 7) is 11.0. The van der Waals surface area contributed by atoms with Crippen molar-refractivity contribution in [2.75, 3.05) is 13.2 Å². The van der Waals surface area contributed by atoms with Crippen LogP contribution in [0.4, 0.5) is 0 Å². The van der Waals surface area contributed by atoms with Crippen molar-refractivity contribution < 1.29 is 23.8 Å². The van der Waals surface area contributed by atoms with Gasteiger partial charge in [-0.1, -0.05) is 0 Å². The summed E-state index contributed by atoms with van der Waals surface area (Å²) in [6, 6.07) is 17.1. The third-order valence-electron chi connectivity index (χ3n) is 6.80. The van der Waals surface area contributed by atoms with Crippen LogP contribution in [-0.2, 0) is 16.0 Å². The van der Waals surface area contributed by atoms with Crippen molar-refractivity contribution in [3.63, 3.8) is 0 Å². The molecule has 4 aromatic rings. The number of hydrogen-bond acceptors (Lipinski definition) is 5. The zero-order valence-electron chi connectivity index (χ0n) is 21.4. The molecule has 1 aromatic heterocycles. The van der Waals surface area contributed by atoms with E-state index in [1.807, 2.05) is 75.4 Å². The van der Waals surface area contributed by atoms with Crippen molar-refractivity contribution in [1.82, 2.24) is 4.57 Å². The maximum Gasteiger partial charge on any atom is 0.193 e. The first kappa shape index (κ1) is 24.2. The maximum atomic E-state index is 13.5. The highest BCUT2D eigenvalue weighted by Gasteiger charge is 2.33. The topological polar surface area (TPSA) is 66.8 Å². The predicted molar refractivity (Wildman–Crippen MR) is 140 cm³/mol. The van der Waals surface area contributed by atoms with Gasteiger partial charge in [-0.05, 0) is 94.8 Å². The standard InChI is InChI=1S/C30H31NO5/c1-6-31-27-11-7-20(19(3)32)14-25(27)26-15-21(8-12-28(26)31)29(33)24-10-9-22(13-18(24)2)34-16-23-17-35-30(4,5)36-23/h7-15,23H,6,16-17H2,1-5H3. The Morgan fingerprint density at radius 1 is 1.00 bits per heavy atom. The Bertz CT molecular complexity index is 1500. The van der Waals surface area contributed by atoms with Gasteiger partial charge in [0.05, 0.1) is 6.61 Å². The summed E-state index contributed by atoms with van der Waals surface area (Å²) in [5, 5.41) is 1.95. The van der Waals surface area contributed by atoms with Crippen LogP contribution < -0.4 is 4.74 Å². The van der Waals surface area contributed by atoms with Gasteiger partial charge >= 0.3 is 0 Å². The molecule has 6 nitrogen and oxygen atoms in total. The van der Waals surface area contributed by atoms with Crippen molar-refractivity contribution in [3.8, 4) is 5.75 Å². The van der Waals surface area contributed by atoms with Crippen molar-refractivity contribution >= 4 is 33.4 Å². The van der Waals surface area contributed by atoms with E-state index in [4.69, 9.17) is 14.2 Å². The fraction of sp³-hybridized carbons (Fsp3) is 0.333. The van der Waals surface area contributed by atoms with Crippen LogP contribution in [0.1, 0.15) is 59.5 Å². The molecule has 1 aliphatic heterocycles. The number of rotatable bonds is 7. The zero-order valence-corrected chi connectivity index (χ0v) is 21.4. The summed E-state index contributed by atoms with van der Waals surface area (Å²) in [5.41, 5.74) is 4.86. The van der Waals surface area contributed by atoms with Gasteiger partial charge in [-0.2, -0.15) is 0 Å². The van der Waals surface area contributed by atoms with E-state index in [-0.39, 0.29) is 17.7 Å². The van der Waals surface area contributed by atoms with Gasteiger partial charge in [0.1, 0.15) is 18.5 Å². The zero-order chi connectivity index (χ0) is 25.6. The van der Waals surface area contributed by atoms with E-state index in [0.29, 0.717) is 35.7 Å². The van der Waals surface area contributed by atoms with Crippen LogP contribution in [0.5, 0.6) is 5.75 Å². The molecule has 0 amide bonds. The highest BCUT2D eigenvalue weighted by atomic mass is 16.7. The monoisotopic (exact) mass is 485 g/mol. The second-order valence-corrected chi connectivity index (χ2v) is 9.83. The second kappa shape index (κ2) is 9.19. The Morgan fingerprint density at radius 2 is 1.67 bits per heavy atom. The summed E-state index contributed by atoms with van der Waals surface area (Å²) in [7, 11) is 0. The summed E-state index contributed by atoms with van der Waals surface area (Å²) in [6.07, 6.45) is -0.123. The number of ketones is 2. The molecule has 1 saturated heterocycles. The average Bonchev–Trinajstić information content (AvgIpc) is 3.37. The van der Waals surface area contributed by atoms with Crippen molar-refractivity contribution in [2.24, 2.45) is 0 Å². The number of Topliss-reactive ketones (excluding diaryl/α,β-unsaturated/α-hetero) is 1. The van der Waals surface area contributed by atoms with E-state index in [1.165, 1.54) is 0 Å². The third kappa shape index (κ3) is 4.43. The predicted octanol–water partition coefficient (Wildman–Crippen LogP) is 6.09. The molecule has 1 atom stereocenters. The molecule has 0 N–H and O–H groups in total. The van der Waals surface area contributed by atoms with E-state index >= 15 is 0 Å². The lowest BCUT2D eigenvalue weighted by molar-refractivity contribution is -0.141. The van der Waals surface area contributed by atoms with Gasteiger partial charge in [0.15, 0.2) is 17.4 Å². The summed E-state index contributed by atoms with van der Waals surface area (Å²) in [4.78, 5) is 25.5. The lowest BCUT2D eigenvalue weighted by Gasteiger charge is -2.17. The van der Waals surface area contributed by atoms with E-state index in [1.54, 1.807) is 6.92 Å². The molecule has 3 aromatic carbocycles. The van der Waals surface area contributed by atoms with Crippen LogP contribution in [-0.4, -0.2) is 41.2 Å². The molecule has 186 valence electrons. The highest BCUT2D eigenvalue weighted by molar-refractivity contribution is 6.16. The number of carbonyl (C=O) groups excluding carboxylic acids is 2. The van der Waals surface area contributed by atoms with Gasteiger partial charge in [-0.3, -0.25) is 9.59 Å². The van der Waals surface area contributed by atoms with Crippen molar-refractivity contribution in [2.45, 2.75) is 53.1 Å². The third-order valence-corrected chi connectivity index (χ3v) is 6.80. The molecule has 0 bridgehead atoms. The van der Waals surface area contributed by atoms with Crippen LogP contribution in [0.3, 0.4) is 0 Å². The fourth-order valence-corrected chi connectivity index (χ4v) is 4.98. The summed E-state index contributed by atoms with van der Waals surface area (Å²) in [5.74, 6) is 0.0828. The molecule has 36 heavy (non-hydrogen) atoms. The van der Waals surface area contributed by atoms with Crippen molar-refractivity contribution in [1.29, 1.82) is 0 Å². The fourth-order valence-electron chi connectivity index (χ4n) is 4.98. The Morgan fingerprint density at radius 3 is 2.25 bits per heavy atom. The molecule has 6 heteroatoms. The number of ether oxygens (including phenoxy) is 3. The maximum absolute atomic E-state index is 13.5. The van der Waals surface area contributed by atoms with Gasteiger partial charge in [-0.15, -0.1) is 0 Å². The highest BCUT2D eigenvalue weighted by Crippen LogP contribution is 2.32. The van der Waals surface area contributed by atoms with Crippen LogP contribution in [0.15, 0.2) is 54.6 Å². The molecule has 0 saturated carbocycles. The number of benzene rings is 3. The summed E-state index contributed by atoms with van der Waals surface area (Å²) >= 11 is 0. The van der Waals surface area contributed by atoms with E-state index < -0.39 is 5.79 Å². The largest absolute Gasteiger partial charge is 0.491 e. The minimum Gasteiger partial charge on any atom is -0.491 e.